The molecule has 0 amide bonds. The van der Waals surface area contributed by atoms with E-state index in [0.717, 1.165) is 88.1 Å². The first-order valence-corrected chi connectivity index (χ1v) is 19.6. The van der Waals surface area contributed by atoms with Crippen LogP contribution in [-0.4, -0.2) is 19.1 Å². The van der Waals surface area contributed by atoms with E-state index in [4.69, 9.17) is 21.0 Å². The van der Waals surface area contributed by atoms with Crippen LogP contribution in [0.5, 0.6) is 0 Å². The Hall–Kier alpha value is -8.27. The maximum atomic E-state index is 9.00. The molecule has 59 heavy (non-hydrogen) atoms. The van der Waals surface area contributed by atoms with E-state index in [-0.39, 0.29) is 0 Å². The quantitative estimate of drug-likeness (QED) is 0.164. The number of para-hydroxylation sites is 5. The Morgan fingerprint density at radius 1 is 0.424 bits per heavy atom. The van der Waals surface area contributed by atoms with E-state index >= 15 is 0 Å². The molecule has 4 aromatic heterocycles. The average molecular weight is 754 g/mol. The fourth-order valence-corrected chi connectivity index (χ4v) is 8.99. The highest BCUT2D eigenvalue weighted by molar-refractivity contribution is 6.18. The topological polar surface area (TPSA) is 53.1 Å². The lowest BCUT2D eigenvalue weighted by molar-refractivity contribution is 0.667. The highest BCUT2D eigenvalue weighted by Crippen LogP contribution is 2.48. The monoisotopic (exact) mass is 753 g/mol. The highest BCUT2D eigenvalue weighted by Gasteiger charge is 2.27. The normalized spacial score (nSPS) is 11.7. The Balaban J connectivity index is 1.23. The molecule has 0 aliphatic rings. The Labute approximate surface area is 338 Å². The van der Waals surface area contributed by atoms with Gasteiger partial charge >= 0.3 is 0 Å². The number of nitrogens with zero attached hydrogens (tertiary/aromatic N) is 5. The summed E-state index contributed by atoms with van der Waals surface area (Å²) in [4.78, 5) is 14.7. The van der Waals surface area contributed by atoms with Gasteiger partial charge in [0, 0.05) is 49.0 Å². The summed E-state index contributed by atoms with van der Waals surface area (Å²) in [6.45, 7) is 9.00. The summed E-state index contributed by atoms with van der Waals surface area (Å²) in [5, 5.41) is 6.30. The molecule has 0 bridgehead atoms. The van der Waals surface area contributed by atoms with E-state index in [1.54, 1.807) is 0 Å². The van der Waals surface area contributed by atoms with Crippen molar-refractivity contribution in [2.75, 3.05) is 0 Å². The molecule has 0 atom stereocenters. The summed E-state index contributed by atoms with van der Waals surface area (Å²) in [6, 6.07) is 64.5. The number of rotatable bonds is 5. The Morgan fingerprint density at radius 3 is 1.49 bits per heavy atom. The fraction of sp³-hybridized carbons (Fsp3) is 0. The molecular formula is C53H31N5O. The largest absolute Gasteiger partial charge is 0.455 e. The van der Waals surface area contributed by atoms with Crippen molar-refractivity contribution < 1.29 is 4.42 Å². The first-order valence-electron chi connectivity index (χ1n) is 19.6. The summed E-state index contributed by atoms with van der Waals surface area (Å²) in [5.74, 6) is 0.630. The molecule has 12 rings (SSSR count). The lowest BCUT2D eigenvalue weighted by Crippen LogP contribution is -2.00. The first-order chi connectivity index (χ1) is 29.2. The summed E-state index contributed by atoms with van der Waals surface area (Å²) in [6.07, 6.45) is 0. The summed E-state index contributed by atoms with van der Waals surface area (Å²) < 4.78 is 11.7. The Bertz CT molecular complexity index is 3520. The molecule has 4 heterocycles. The van der Waals surface area contributed by atoms with Crippen LogP contribution in [0, 0.1) is 6.57 Å². The number of fused-ring (bicyclic) bond motifs is 9. The van der Waals surface area contributed by atoms with Crippen LogP contribution in [0.4, 0.5) is 5.69 Å². The maximum absolute atomic E-state index is 9.00. The SMILES string of the molecule is [C-]#[N+]c1c(-n2c3ccccc3c3ccccc32)cc2c(oc3c(-c4cc(-c5ccccc5)nc(-c5ccccc5)n4)cccc32)c1-n1c2ccccc2c2ccccc21. The van der Waals surface area contributed by atoms with Gasteiger partial charge in [-0.1, -0.05) is 146 Å². The standard InChI is InChI=1S/C53H31N5O/c1-54-49-48(57-44-27-12-8-21-35(44)36-22-9-13-28-45(36)57)31-41-39-25-16-26-40(43-32-42(33-17-4-2-5-18-33)55-53(56-43)34-19-6-3-7-20-34)51(39)59-52(41)50(49)58-46-29-14-10-23-37(46)38-24-11-15-30-47(38)58/h2-32H. The van der Waals surface area contributed by atoms with Crippen molar-refractivity contribution in [2.24, 2.45) is 0 Å². The summed E-state index contributed by atoms with van der Waals surface area (Å²) in [7, 11) is 0. The van der Waals surface area contributed by atoms with Crippen molar-refractivity contribution in [2.45, 2.75) is 0 Å². The number of hydrogen-bond donors (Lipinski definition) is 0. The third-order valence-electron chi connectivity index (χ3n) is 11.6. The van der Waals surface area contributed by atoms with Crippen molar-refractivity contribution in [1.29, 1.82) is 0 Å². The predicted molar refractivity (Wildman–Crippen MR) is 241 cm³/mol. The average Bonchev–Trinajstić information content (AvgIpc) is 3.96. The zero-order chi connectivity index (χ0) is 39.0. The van der Waals surface area contributed by atoms with Gasteiger partial charge in [0.2, 0.25) is 5.69 Å². The molecule has 6 nitrogen and oxygen atoms in total. The van der Waals surface area contributed by atoms with E-state index in [1.807, 2.05) is 54.6 Å². The molecule has 274 valence electrons. The Kier molecular flexibility index (Phi) is 7.19. The summed E-state index contributed by atoms with van der Waals surface area (Å²) in [5.41, 5.74) is 11.7. The van der Waals surface area contributed by atoms with Crippen LogP contribution in [0.15, 0.2) is 192 Å². The fourth-order valence-electron chi connectivity index (χ4n) is 8.99. The zero-order valence-corrected chi connectivity index (χ0v) is 31.5. The van der Waals surface area contributed by atoms with Gasteiger partial charge in [-0.15, -0.1) is 0 Å². The highest BCUT2D eigenvalue weighted by atomic mass is 16.3. The molecule has 8 aromatic carbocycles. The number of benzene rings is 8. The van der Waals surface area contributed by atoms with Gasteiger partial charge < -0.3 is 13.6 Å². The van der Waals surface area contributed by atoms with Crippen molar-refractivity contribution in [1.82, 2.24) is 19.1 Å². The molecule has 0 fully saturated rings. The minimum absolute atomic E-state index is 0.496. The number of aromatic nitrogens is 4. The van der Waals surface area contributed by atoms with E-state index in [1.165, 1.54) is 0 Å². The van der Waals surface area contributed by atoms with Crippen LogP contribution in [0.1, 0.15) is 0 Å². The molecular weight excluding hydrogens is 723 g/mol. The van der Waals surface area contributed by atoms with Gasteiger partial charge in [-0.05, 0) is 42.5 Å². The first kappa shape index (κ1) is 32.9. The number of hydrogen-bond acceptors (Lipinski definition) is 3. The van der Waals surface area contributed by atoms with Gasteiger partial charge in [-0.25, -0.2) is 14.8 Å². The van der Waals surface area contributed by atoms with Crippen LogP contribution in [0.2, 0.25) is 0 Å². The minimum Gasteiger partial charge on any atom is -0.455 e. The molecule has 0 radical (unpaired) electrons. The molecule has 12 aromatic rings. The third-order valence-corrected chi connectivity index (χ3v) is 11.6. The van der Waals surface area contributed by atoms with Crippen molar-refractivity contribution >= 4 is 71.2 Å². The van der Waals surface area contributed by atoms with Crippen LogP contribution in [0.25, 0.3) is 116 Å². The van der Waals surface area contributed by atoms with E-state index in [9.17, 15) is 0 Å². The van der Waals surface area contributed by atoms with Crippen LogP contribution in [0.3, 0.4) is 0 Å². The predicted octanol–water partition coefficient (Wildman–Crippen LogP) is 14.1. The van der Waals surface area contributed by atoms with Gasteiger partial charge in [-0.3, -0.25) is 0 Å². The van der Waals surface area contributed by atoms with Crippen molar-refractivity contribution in [3.8, 4) is 45.3 Å². The van der Waals surface area contributed by atoms with Gasteiger partial charge in [0.1, 0.15) is 11.2 Å². The van der Waals surface area contributed by atoms with Gasteiger partial charge in [0.25, 0.3) is 0 Å². The molecule has 0 unspecified atom stereocenters. The molecule has 0 saturated heterocycles. The lowest BCUT2D eigenvalue weighted by atomic mass is 10.0. The second kappa shape index (κ2) is 12.9. The van der Waals surface area contributed by atoms with Crippen LogP contribution in [-0.2, 0) is 0 Å². The molecule has 0 N–H and O–H groups in total. The van der Waals surface area contributed by atoms with Gasteiger partial charge in [-0.2, -0.15) is 0 Å². The minimum atomic E-state index is 0.496. The van der Waals surface area contributed by atoms with Crippen molar-refractivity contribution in [3.63, 3.8) is 0 Å². The molecule has 0 aliphatic heterocycles. The smallest absolute Gasteiger partial charge is 0.237 e. The van der Waals surface area contributed by atoms with Crippen molar-refractivity contribution in [3.05, 3.63) is 199 Å². The van der Waals surface area contributed by atoms with E-state index in [2.05, 4.69) is 147 Å². The molecule has 0 aliphatic carbocycles. The van der Waals surface area contributed by atoms with Gasteiger partial charge in [0.15, 0.2) is 5.82 Å². The van der Waals surface area contributed by atoms with Gasteiger partial charge in [0.05, 0.1) is 51.4 Å². The zero-order valence-electron chi connectivity index (χ0n) is 31.5. The van der Waals surface area contributed by atoms with Crippen LogP contribution >= 0.6 is 0 Å². The maximum Gasteiger partial charge on any atom is 0.237 e. The molecule has 0 spiro atoms. The molecule has 0 saturated carbocycles. The van der Waals surface area contributed by atoms with E-state index in [0.29, 0.717) is 28.4 Å². The third kappa shape index (κ3) is 4.92. The second-order valence-corrected chi connectivity index (χ2v) is 14.8. The van der Waals surface area contributed by atoms with Crippen LogP contribution < -0.4 is 0 Å². The van der Waals surface area contributed by atoms with E-state index < -0.39 is 0 Å². The number of furan rings is 1. The molecule has 6 heteroatoms. The Morgan fingerprint density at radius 2 is 0.915 bits per heavy atom. The summed E-state index contributed by atoms with van der Waals surface area (Å²) >= 11 is 0. The second-order valence-electron chi connectivity index (χ2n) is 14.8. The lowest BCUT2D eigenvalue weighted by Gasteiger charge is -2.17.